The lowest BCUT2D eigenvalue weighted by molar-refractivity contribution is 0.282. The maximum atomic E-state index is 9.05. The maximum Gasteiger partial charge on any atom is 0.171 e. The fourth-order valence-corrected chi connectivity index (χ4v) is 1.97. The highest BCUT2D eigenvalue weighted by molar-refractivity contribution is 6.31. The first kappa shape index (κ1) is 12.9. The summed E-state index contributed by atoms with van der Waals surface area (Å²) >= 11 is 6.02. The lowest BCUT2D eigenvalue weighted by atomic mass is 10.2. The molecule has 4 nitrogen and oxygen atoms in total. The van der Waals surface area contributed by atoms with Crippen LogP contribution < -0.4 is 4.74 Å². The summed E-state index contributed by atoms with van der Waals surface area (Å²) in [5.74, 6) is 1.38. The number of aliphatic hydroxyl groups excluding tert-OH is 1. The van der Waals surface area contributed by atoms with Gasteiger partial charge in [0.1, 0.15) is 11.4 Å². The maximum absolute atomic E-state index is 9.05. The van der Waals surface area contributed by atoms with Crippen LogP contribution in [-0.4, -0.2) is 14.9 Å². The molecule has 2 rings (SSSR count). The van der Waals surface area contributed by atoms with Crippen molar-refractivity contribution in [3.05, 3.63) is 40.2 Å². The summed E-state index contributed by atoms with van der Waals surface area (Å²) in [6.07, 6.45) is 0. The molecule has 5 heteroatoms. The molecule has 0 aliphatic rings. The second-order valence-electron chi connectivity index (χ2n) is 4.14. The predicted molar refractivity (Wildman–Crippen MR) is 70.1 cm³/mol. The summed E-state index contributed by atoms with van der Waals surface area (Å²) in [7, 11) is 1.87. The molecule has 0 aliphatic heterocycles. The normalized spacial score (nSPS) is 10.7. The number of hydrogen-bond donors (Lipinski definition) is 1. The first-order chi connectivity index (χ1) is 8.52. The molecule has 0 spiro atoms. The van der Waals surface area contributed by atoms with Crippen LogP contribution in [0.4, 0.5) is 0 Å². The van der Waals surface area contributed by atoms with Gasteiger partial charge in [0.05, 0.1) is 12.3 Å². The van der Waals surface area contributed by atoms with E-state index in [0.717, 1.165) is 17.1 Å². The Labute approximate surface area is 111 Å². The van der Waals surface area contributed by atoms with Crippen molar-refractivity contribution in [1.82, 2.24) is 9.78 Å². The quantitative estimate of drug-likeness (QED) is 0.929. The van der Waals surface area contributed by atoms with Crippen molar-refractivity contribution < 1.29 is 9.84 Å². The van der Waals surface area contributed by atoms with Crippen LogP contribution in [0.15, 0.2) is 18.2 Å². The second kappa shape index (κ2) is 5.00. The van der Waals surface area contributed by atoms with Gasteiger partial charge in [0.25, 0.3) is 0 Å². The van der Waals surface area contributed by atoms with E-state index < -0.39 is 0 Å². The van der Waals surface area contributed by atoms with Gasteiger partial charge in [-0.2, -0.15) is 5.10 Å². The molecule has 0 saturated carbocycles. The molecule has 0 atom stereocenters. The van der Waals surface area contributed by atoms with Crippen molar-refractivity contribution in [2.45, 2.75) is 20.5 Å². The zero-order valence-electron chi connectivity index (χ0n) is 10.6. The number of aliphatic hydroxyl groups is 1. The zero-order chi connectivity index (χ0) is 13.3. The second-order valence-corrected chi connectivity index (χ2v) is 4.54. The van der Waals surface area contributed by atoms with Crippen molar-refractivity contribution in [3.63, 3.8) is 0 Å². The Kier molecular flexibility index (Phi) is 3.59. The highest BCUT2D eigenvalue weighted by atomic mass is 35.5. The van der Waals surface area contributed by atoms with Crippen LogP contribution >= 0.6 is 11.6 Å². The molecule has 0 saturated heterocycles. The van der Waals surface area contributed by atoms with Crippen LogP contribution in [0.3, 0.4) is 0 Å². The molecule has 0 fully saturated rings. The van der Waals surface area contributed by atoms with Crippen LogP contribution in [0.1, 0.15) is 17.0 Å². The summed E-state index contributed by atoms with van der Waals surface area (Å²) in [5.41, 5.74) is 2.47. The minimum absolute atomic E-state index is 0.0793. The van der Waals surface area contributed by atoms with E-state index in [0.29, 0.717) is 16.3 Å². The van der Waals surface area contributed by atoms with Gasteiger partial charge in [0, 0.05) is 12.1 Å². The molecule has 18 heavy (non-hydrogen) atoms. The lowest BCUT2D eigenvalue weighted by Gasteiger charge is -2.08. The Morgan fingerprint density at radius 1 is 1.39 bits per heavy atom. The standard InChI is InChI=1S/C13H15ClN2O2/c1-8-13(9(2)16(3)15-8)18-11-5-4-10(7-17)12(14)6-11/h4-6,17H,7H2,1-3H3. The van der Waals surface area contributed by atoms with Crippen LogP contribution in [-0.2, 0) is 13.7 Å². The SMILES string of the molecule is Cc1nn(C)c(C)c1Oc1ccc(CO)c(Cl)c1. The number of aryl methyl sites for hydroxylation is 2. The van der Waals surface area contributed by atoms with Gasteiger partial charge < -0.3 is 9.84 Å². The number of halogens is 1. The third-order valence-corrected chi connectivity index (χ3v) is 3.21. The number of nitrogens with zero attached hydrogens (tertiary/aromatic N) is 2. The van der Waals surface area contributed by atoms with Gasteiger partial charge in [-0.05, 0) is 31.5 Å². The van der Waals surface area contributed by atoms with Gasteiger partial charge in [0.2, 0.25) is 0 Å². The Balaban J connectivity index is 2.31. The van der Waals surface area contributed by atoms with E-state index >= 15 is 0 Å². The monoisotopic (exact) mass is 266 g/mol. The lowest BCUT2D eigenvalue weighted by Crippen LogP contribution is -1.93. The van der Waals surface area contributed by atoms with E-state index in [1.165, 1.54) is 0 Å². The van der Waals surface area contributed by atoms with Gasteiger partial charge >= 0.3 is 0 Å². The fraction of sp³-hybridized carbons (Fsp3) is 0.308. The number of hydrogen-bond acceptors (Lipinski definition) is 3. The highest BCUT2D eigenvalue weighted by Gasteiger charge is 2.12. The third kappa shape index (κ3) is 2.35. The Bertz CT molecular complexity index is 579. The zero-order valence-corrected chi connectivity index (χ0v) is 11.3. The van der Waals surface area contributed by atoms with Gasteiger partial charge in [0.15, 0.2) is 5.75 Å². The molecule has 0 unspecified atom stereocenters. The largest absolute Gasteiger partial charge is 0.453 e. The van der Waals surface area contributed by atoms with E-state index in [1.54, 1.807) is 22.9 Å². The Hall–Kier alpha value is -1.52. The molecule has 1 aromatic carbocycles. The van der Waals surface area contributed by atoms with Crippen LogP contribution in [0, 0.1) is 13.8 Å². The summed E-state index contributed by atoms with van der Waals surface area (Å²) in [6.45, 7) is 3.76. The average Bonchev–Trinajstić information content (AvgIpc) is 2.56. The van der Waals surface area contributed by atoms with Crippen LogP contribution in [0.25, 0.3) is 0 Å². The summed E-state index contributed by atoms with van der Waals surface area (Å²) in [6, 6.07) is 5.22. The van der Waals surface area contributed by atoms with Gasteiger partial charge in [-0.25, -0.2) is 0 Å². The molecule has 0 amide bonds. The van der Waals surface area contributed by atoms with Crippen molar-refractivity contribution in [1.29, 1.82) is 0 Å². The summed E-state index contributed by atoms with van der Waals surface area (Å²) in [4.78, 5) is 0. The Morgan fingerprint density at radius 3 is 2.61 bits per heavy atom. The third-order valence-electron chi connectivity index (χ3n) is 2.86. The van der Waals surface area contributed by atoms with Crippen molar-refractivity contribution in [2.75, 3.05) is 0 Å². The fourth-order valence-electron chi connectivity index (χ4n) is 1.74. The molecule has 96 valence electrons. The molecular formula is C13H15ClN2O2. The van der Waals surface area contributed by atoms with Crippen molar-refractivity contribution in [3.8, 4) is 11.5 Å². The Morgan fingerprint density at radius 2 is 2.11 bits per heavy atom. The molecule has 1 heterocycles. The topological polar surface area (TPSA) is 47.3 Å². The predicted octanol–water partition coefficient (Wildman–Crippen LogP) is 2.97. The molecule has 0 bridgehead atoms. The van der Waals surface area contributed by atoms with E-state index in [2.05, 4.69) is 5.10 Å². The van der Waals surface area contributed by atoms with Gasteiger partial charge in [-0.15, -0.1) is 0 Å². The molecule has 0 aliphatic carbocycles. The minimum Gasteiger partial charge on any atom is -0.453 e. The minimum atomic E-state index is -0.0793. The molecule has 2 aromatic rings. The van der Waals surface area contributed by atoms with E-state index in [-0.39, 0.29) is 6.61 Å². The number of rotatable bonds is 3. The van der Waals surface area contributed by atoms with Crippen LogP contribution in [0.5, 0.6) is 11.5 Å². The first-order valence-corrected chi connectivity index (χ1v) is 5.98. The summed E-state index contributed by atoms with van der Waals surface area (Å²) in [5, 5.41) is 13.8. The number of benzene rings is 1. The molecule has 1 N–H and O–H groups in total. The van der Waals surface area contributed by atoms with Crippen molar-refractivity contribution in [2.24, 2.45) is 7.05 Å². The smallest absolute Gasteiger partial charge is 0.171 e. The highest BCUT2D eigenvalue weighted by Crippen LogP contribution is 2.30. The van der Waals surface area contributed by atoms with E-state index in [1.807, 2.05) is 20.9 Å². The van der Waals surface area contributed by atoms with E-state index in [4.69, 9.17) is 21.4 Å². The number of aromatic nitrogens is 2. The molecular weight excluding hydrogens is 252 g/mol. The number of ether oxygens (including phenoxy) is 1. The molecule has 1 aromatic heterocycles. The van der Waals surface area contributed by atoms with E-state index in [9.17, 15) is 0 Å². The van der Waals surface area contributed by atoms with Gasteiger partial charge in [-0.3, -0.25) is 4.68 Å². The summed E-state index contributed by atoms with van der Waals surface area (Å²) < 4.78 is 7.56. The van der Waals surface area contributed by atoms with Crippen molar-refractivity contribution >= 4 is 11.6 Å². The molecule has 0 radical (unpaired) electrons. The van der Waals surface area contributed by atoms with Gasteiger partial charge in [-0.1, -0.05) is 17.7 Å². The average molecular weight is 267 g/mol. The first-order valence-electron chi connectivity index (χ1n) is 5.60. The van der Waals surface area contributed by atoms with Crippen LogP contribution in [0.2, 0.25) is 5.02 Å².